The van der Waals surface area contributed by atoms with Crippen molar-refractivity contribution in [2.24, 2.45) is 7.05 Å². The van der Waals surface area contributed by atoms with E-state index < -0.39 is 0 Å². The van der Waals surface area contributed by atoms with Crippen molar-refractivity contribution in [2.75, 3.05) is 10.6 Å². The van der Waals surface area contributed by atoms with E-state index in [1.807, 2.05) is 47.8 Å². The molecule has 138 valence electrons. The number of rotatable bonds is 7. The Hall–Kier alpha value is -2.83. The quantitative estimate of drug-likeness (QED) is 0.799. The van der Waals surface area contributed by atoms with Crippen LogP contribution in [0.5, 0.6) is 0 Å². The van der Waals surface area contributed by atoms with Crippen molar-refractivity contribution in [1.29, 1.82) is 0 Å². The van der Waals surface area contributed by atoms with E-state index in [9.17, 15) is 9.59 Å². The number of benzene rings is 1. The van der Waals surface area contributed by atoms with Gasteiger partial charge in [-0.2, -0.15) is 0 Å². The number of aromatic nitrogens is 2. The molecule has 0 spiro atoms. The highest BCUT2D eigenvalue weighted by atomic mass is 16.2. The standard InChI is InChI=1S/C19H25N5O2/c1-3-5-18(25)21-14-6-4-7-15(12-14)22-19(26)24(16-8-9-16)13-17-20-10-11-23(17)2/h4,6-7,10-12,16H,3,5,8-9,13H2,1-2H3,(H,21,25)(H,22,26). The molecular formula is C19H25N5O2. The average molecular weight is 355 g/mol. The topological polar surface area (TPSA) is 79.3 Å². The number of hydrogen-bond donors (Lipinski definition) is 2. The van der Waals surface area contributed by atoms with Gasteiger partial charge in [0.25, 0.3) is 0 Å². The molecule has 1 fully saturated rings. The average Bonchev–Trinajstić information content (AvgIpc) is 3.35. The number of nitrogens with zero attached hydrogens (tertiary/aromatic N) is 3. The monoisotopic (exact) mass is 355 g/mol. The molecule has 7 nitrogen and oxygen atoms in total. The van der Waals surface area contributed by atoms with E-state index in [-0.39, 0.29) is 18.0 Å². The van der Waals surface area contributed by atoms with Crippen molar-refractivity contribution in [1.82, 2.24) is 14.5 Å². The molecule has 26 heavy (non-hydrogen) atoms. The first-order valence-electron chi connectivity index (χ1n) is 9.00. The first-order valence-corrected chi connectivity index (χ1v) is 9.00. The predicted molar refractivity (Wildman–Crippen MR) is 101 cm³/mol. The number of urea groups is 1. The molecule has 1 aliphatic carbocycles. The third-order valence-corrected chi connectivity index (χ3v) is 4.36. The maximum Gasteiger partial charge on any atom is 0.322 e. The number of amides is 3. The zero-order valence-electron chi connectivity index (χ0n) is 15.2. The Morgan fingerprint density at radius 2 is 2.00 bits per heavy atom. The zero-order chi connectivity index (χ0) is 18.5. The van der Waals surface area contributed by atoms with Gasteiger partial charge in [-0.15, -0.1) is 0 Å². The van der Waals surface area contributed by atoms with Gasteiger partial charge < -0.3 is 20.1 Å². The summed E-state index contributed by atoms with van der Waals surface area (Å²) in [4.78, 5) is 30.6. The number of carbonyl (C=O) groups excluding carboxylic acids is 2. The number of carbonyl (C=O) groups is 2. The van der Waals surface area contributed by atoms with Crippen LogP contribution < -0.4 is 10.6 Å². The molecule has 3 rings (SSSR count). The van der Waals surface area contributed by atoms with E-state index in [0.717, 1.165) is 25.1 Å². The fourth-order valence-corrected chi connectivity index (χ4v) is 2.77. The molecule has 1 aromatic carbocycles. The van der Waals surface area contributed by atoms with Crippen LogP contribution in [0.25, 0.3) is 0 Å². The van der Waals surface area contributed by atoms with Gasteiger partial charge in [0.1, 0.15) is 5.82 Å². The Labute approximate surface area is 153 Å². The van der Waals surface area contributed by atoms with Crippen LogP contribution >= 0.6 is 0 Å². The summed E-state index contributed by atoms with van der Waals surface area (Å²) >= 11 is 0. The second-order valence-electron chi connectivity index (χ2n) is 6.62. The van der Waals surface area contributed by atoms with E-state index in [0.29, 0.717) is 24.3 Å². The summed E-state index contributed by atoms with van der Waals surface area (Å²) in [6, 6.07) is 7.34. The molecule has 0 radical (unpaired) electrons. The van der Waals surface area contributed by atoms with Crippen LogP contribution in [0, 0.1) is 0 Å². The largest absolute Gasteiger partial charge is 0.337 e. The molecule has 1 aromatic heterocycles. The van der Waals surface area contributed by atoms with Crippen molar-refractivity contribution in [3.8, 4) is 0 Å². The molecular weight excluding hydrogens is 330 g/mol. The van der Waals surface area contributed by atoms with Crippen LogP contribution in [-0.2, 0) is 18.4 Å². The number of hydrogen-bond acceptors (Lipinski definition) is 3. The highest BCUT2D eigenvalue weighted by Gasteiger charge is 2.33. The third-order valence-electron chi connectivity index (χ3n) is 4.36. The molecule has 1 aliphatic rings. The maximum absolute atomic E-state index is 12.8. The lowest BCUT2D eigenvalue weighted by atomic mass is 10.2. The van der Waals surface area contributed by atoms with E-state index in [1.165, 1.54) is 0 Å². The molecule has 2 aromatic rings. The fraction of sp³-hybridized carbons (Fsp3) is 0.421. The summed E-state index contributed by atoms with van der Waals surface area (Å²) in [5.41, 5.74) is 1.35. The van der Waals surface area contributed by atoms with Gasteiger partial charge in [0.2, 0.25) is 5.91 Å². The summed E-state index contributed by atoms with van der Waals surface area (Å²) in [5, 5.41) is 5.79. The predicted octanol–water partition coefficient (Wildman–Crippen LogP) is 3.36. The lowest BCUT2D eigenvalue weighted by molar-refractivity contribution is -0.116. The first-order chi connectivity index (χ1) is 12.6. The highest BCUT2D eigenvalue weighted by Crippen LogP contribution is 2.29. The van der Waals surface area contributed by atoms with Gasteiger partial charge in [0.15, 0.2) is 0 Å². The minimum Gasteiger partial charge on any atom is -0.337 e. The molecule has 0 saturated heterocycles. The number of anilines is 2. The summed E-state index contributed by atoms with van der Waals surface area (Å²) in [6.07, 6.45) is 6.93. The van der Waals surface area contributed by atoms with E-state index in [4.69, 9.17) is 0 Å². The second-order valence-corrected chi connectivity index (χ2v) is 6.62. The van der Waals surface area contributed by atoms with Gasteiger partial charge in [0.05, 0.1) is 6.54 Å². The smallest absolute Gasteiger partial charge is 0.322 e. The van der Waals surface area contributed by atoms with Crippen molar-refractivity contribution in [3.05, 3.63) is 42.5 Å². The molecule has 2 N–H and O–H groups in total. The Morgan fingerprint density at radius 3 is 2.62 bits per heavy atom. The Balaban J connectivity index is 1.66. The number of nitrogens with one attached hydrogen (secondary N) is 2. The van der Waals surface area contributed by atoms with Gasteiger partial charge in [-0.25, -0.2) is 9.78 Å². The van der Waals surface area contributed by atoms with Crippen LogP contribution in [0.3, 0.4) is 0 Å². The van der Waals surface area contributed by atoms with E-state index >= 15 is 0 Å². The van der Waals surface area contributed by atoms with E-state index in [1.54, 1.807) is 12.3 Å². The van der Waals surface area contributed by atoms with Gasteiger partial charge in [-0.3, -0.25) is 4.79 Å². The summed E-state index contributed by atoms with van der Waals surface area (Å²) < 4.78 is 1.92. The van der Waals surface area contributed by atoms with Crippen LogP contribution in [0.15, 0.2) is 36.7 Å². The Morgan fingerprint density at radius 1 is 1.27 bits per heavy atom. The van der Waals surface area contributed by atoms with Crippen LogP contribution in [0.1, 0.15) is 38.4 Å². The van der Waals surface area contributed by atoms with Crippen molar-refractivity contribution >= 4 is 23.3 Å². The molecule has 0 aliphatic heterocycles. The molecule has 3 amide bonds. The first kappa shape index (κ1) is 18.0. The summed E-state index contributed by atoms with van der Waals surface area (Å²) in [5.74, 6) is 0.831. The van der Waals surface area contributed by atoms with Crippen LogP contribution in [-0.4, -0.2) is 32.4 Å². The molecule has 0 unspecified atom stereocenters. The normalized spacial score (nSPS) is 13.3. The number of aryl methyl sites for hydroxylation is 1. The molecule has 0 bridgehead atoms. The summed E-state index contributed by atoms with van der Waals surface area (Å²) in [6.45, 7) is 2.44. The minimum atomic E-state index is -0.146. The molecule has 7 heteroatoms. The highest BCUT2D eigenvalue weighted by molar-refractivity contribution is 5.93. The van der Waals surface area contributed by atoms with Crippen molar-refractivity contribution in [3.63, 3.8) is 0 Å². The number of imidazole rings is 1. The van der Waals surface area contributed by atoms with Crippen LogP contribution in [0.2, 0.25) is 0 Å². The fourth-order valence-electron chi connectivity index (χ4n) is 2.77. The second kappa shape index (κ2) is 8.03. The van der Waals surface area contributed by atoms with E-state index in [2.05, 4.69) is 15.6 Å². The molecule has 0 atom stereocenters. The van der Waals surface area contributed by atoms with Crippen LogP contribution in [0.4, 0.5) is 16.2 Å². The third kappa shape index (κ3) is 4.62. The SMILES string of the molecule is CCCC(=O)Nc1cccc(NC(=O)N(Cc2nccn2C)C2CC2)c1. The Bertz CT molecular complexity index is 782. The maximum atomic E-state index is 12.8. The van der Waals surface area contributed by atoms with Gasteiger partial charge >= 0.3 is 6.03 Å². The zero-order valence-corrected chi connectivity index (χ0v) is 15.2. The lowest BCUT2D eigenvalue weighted by Gasteiger charge is -2.22. The molecule has 1 saturated carbocycles. The molecule has 1 heterocycles. The van der Waals surface area contributed by atoms with Crippen molar-refractivity contribution in [2.45, 2.75) is 45.2 Å². The van der Waals surface area contributed by atoms with Crippen molar-refractivity contribution < 1.29 is 9.59 Å². The van der Waals surface area contributed by atoms with Gasteiger partial charge in [-0.05, 0) is 37.5 Å². The minimum absolute atomic E-state index is 0.0228. The lowest BCUT2D eigenvalue weighted by Crippen LogP contribution is -2.37. The van der Waals surface area contributed by atoms with Gasteiger partial charge in [-0.1, -0.05) is 13.0 Å². The summed E-state index contributed by atoms with van der Waals surface area (Å²) in [7, 11) is 1.92. The van der Waals surface area contributed by atoms with Gasteiger partial charge in [0, 0.05) is 43.3 Å². The Kier molecular flexibility index (Phi) is 5.55.